The van der Waals surface area contributed by atoms with Gasteiger partial charge in [-0.3, -0.25) is 76.7 Å². The van der Waals surface area contributed by atoms with E-state index in [9.17, 15) is 63.0 Å². The summed E-state index contributed by atoms with van der Waals surface area (Å²) in [6.45, 7) is 5.56. The van der Waals surface area contributed by atoms with Crippen LogP contribution < -0.4 is 75.7 Å². The Hall–Kier alpha value is -12.4. The number of rotatable bonds is 28. The van der Waals surface area contributed by atoms with Crippen LogP contribution in [0.4, 0.5) is 0 Å². The van der Waals surface area contributed by atoms with Crippen molar-refractivity contribution in [3.05, 3.63) is 120 Å². The summed E-state index contributed by atoms with van der Waals surface area (Å²) in [5, 5.41) is 50.8. The number of aromatic amines is 4. The second-order valence-corrected chi connectivity index (χ2v) is 30.3. The number of aliphatic hydroxyl groups excluding tert-OH is 1. The summed E-state index contributed by atoms with van der Waals surface area (Å²) >= 11 is 0. The Morgan fingerprint density at radius 1 is 0.579 bits per heavy atom. The molecule has 0 saturated carbocycles. The van der Waals surface area contributed by atoms with E-state index in [1.54, 1.807) is 80.0 Å². The average molecular weight is 1610 g/mol. The van der Waals surface area contributed by atoms with E-state index in [1.165, 1.54) is 50.6 Å². The van der Waals surface area contributed by atoms with E-state index in [0.717, 1.165) is 10.9 Å². The molecule has 23 N–H and O–H groups in total. The number of aromatic nitrogens is 6. The zero-order valence-electron chi connectivity index (χ0n) is 62.3. The number of amides is 15. The van der Waals surface area contributed by atoms with Crippen LogP contribution in [0, 0.1) is 5.92 Å². The van der Waals surface area contributed by atoms with Gasteiger partial charge in [-0.1, -0.05) is 78.3 Å². The number of carboxylic acids is 1. The van der Waals surface area contributed by atoms with Crippen molar-refractivity contribution in [2.24, 2.45) is 23.1 Å². The smallest absolute Gasteiger partial charge is 0.305 e. The molecule has 7 heterocycles. The topological polar surface area (TPSA) is 616 Å². The highest BCUT2D eigenvalue weighted by atomic mass is 33.1. The summed E-state index contributed by atoms with van der Waals surface area (Å²) < 4.78 is 0. The fourth-order valence-corrected chi connectivity index (χ4v) is 15.6. The fourth-order valence-electron chi connectivity index (χ4n) is 13.2. The Kier molecular flexibility index (Phi) is 29.8. The first-order valence-electron chi connectivity index (χ1n) is 36.5. The van der Waals surface area contributed by atoms with Crippen LogP contribution in [0.15, 0.2) is 98.0 Å². The number of nitrogens with one attached hydrogen (secondary N) is 15. The molecule has 2 aromatic carbocycles. The predicted octanol–water partition coefficient (Wildman–Crippen LogP) is -3.60. The van der Waals surface area contributed by atoms with E-state index < -0.39 is 223 Å². The molecule has 0 spiro atoms. The Morgan fingerprint density at radius 2 is 1.11 bits per heavy atom. The van der Waals surface area contributed by atoms with Gasteiger partial charge in [0.15, 0.2) is 0 Å². The minimum absolute atomic E-state index is 0.0455. The van der Waals surface area contributed by atoms with Crippen LogP contribution >= 0.6 is 21.6 Å². The molecule has 0 radical (unpaired) electrons. The molecule has 14 atom stereocenters. The van der Waals surface area contributed by atoms with Crippen LogP contribution in [0.25, 0.3) is 32.8 Å². The number of primary amides is 3. The number of para-hydroxylation sites is 2. The van der Waals surface area contributed by atoms with Gasteiger partial charge < -0.3 is 111 Å². The van der Waals surface area contributed by atoms with Crippen LogP contribution in [-0.4, -0.2) is 236 Å². The monoisotopic (exact) mass is 1610 g/mol. The molecule has 0 aliphatic carbocycles. The highest BCUT2D eigenvalue weighted by Gasteiger charge is 2.42. The quantitative estimate of drug-likeness (QED) is 0.0211. The number of nitrogens with two attached hydrogens (primary N) is 3. The largest absolute Gasteiger partial charge is 0.481 e. The molecule has 2 saturated heterocycles. The van der Waals surface area contributed by atoms with Gasteiger partial charge in [-0.25, -0.2) is 9.97 Å². The summed E-state index contributed by atoms with van der Waals surface area (Å²) in [7, 11) is 1.42. The zero-order valence-corrected chi connectivity index (χ0v) is 64.0. The molecule has 114 heavy (non-hydrogen) atoms. The predicted molar refractivity (Wildman–Crippen MR) is 413 cm³/mol. The second kappa shape index (κ2) is 39.7. The van der Waals surface area contributed by atoms with Crippen molar-refractivity contribution in [1.29, 1.82) is 0 Å². The van der Waals surface area contributed by atoms with E-state index in [0.29, 0.717) is 66.6 Å². The van der Waals surface area contributed by atoms with E-state index in [1.807, 2.05) is 0 Å². The van der Waals surface area contributed by atoms with Crippen molar-refractivity contribution >= 4 is 149 Å². The van der Waals surface area contributed by atoms with Gasteiger partial charge in [-0.05, 0) is 66.6 Å². The van der Waals surface area contributed by atoms with Gasteiger partial charge in [-0.15, -0.1) is 0 Å². The number of aliphatic hydroxyl groups is 1. The Bertz CT molecular complexity index is 4740. The number of pyridine rings is 1. The van der Waals surface area contributed by atoms with Gasteiger partial charge in [0.2, 0.25) is 88.6 Å². The van der Waals surface area contributed by atoms with Crippen molar-refractivity contribution in [3.8, 4) is 0 Å². The second-order valence-electron chi connectivity index (χ2n) is 27.8. The molecule has 15 amide bonds. The maximum atomic E-state index is 15.3. The SMILES string of the molecule is CC[C@H](C)[C@H](NC(=O)[C@@H](NC(=O)[C@H](Cc1c[nH]c2ccccc12)NC(C)=O)[C@@H](C)O)C(=O)N[C@H]1CSSC[C@@H](C(=O)N[C@@H](Cc2c[nH]c3ccccc23)C(=O)N2CCC[C@H]2C(N)=O)NC(=O)[C@H](CC(=O)O)NC(=O)[C@H](Cc2c[nH]cn2)NC(=O)[C@H](Cc2c[nH]c3ncccc23)NC(=O)[C@H](CC(N)=O)NC(=O)[C@H](CC(N)=O)NC1=O. The van der Waals surface area contributed by atoms with Crippen LogP contribution in [0.1, 0.15) is 88.6 Å². The molecule has 9 rings (SSSR count). The third-order valence-corrected chi connectivity index (χ3v) is 21.8. The molecule has 39 nitrogen and oxygen atoms in total. The Balaban J connectivity index is 1.09. The maximum Gasteiger partial charge on any atom is 0.305 e. The number of benzene rings is 2. The van der Waals surface area contributed by atoms with Crippen molar-refractivity contribution in [2.75, 3.05) is 18.1 Å². The summed E-state index contributed by atoms with van der Waals surface area (Å²) in [5.74, 6) is -20.3. The molecule has 41 heteroatoms. The first-order valence-corrected chi connectivity index (χ1v) is 38.9. The lowest BCUT2D eigenvalue weighted by Crippen LogP contribution is -2.63. The minimum Gasteiger partial charge on any atom is -0.481 e. The number of carboxylic acid groups (broad SMARTS) is 1. The lowest BCUT2D eigenvalue weighted by Gasteiger charge is -2.30. The first kappa shape index (κ1) is 85.6. The van der Waals surface area contributed by atoms with Crippen molar-refractivity contribution in [3.63, 3.8) is 0 Å². The minimum atomic E-state index is -2.11. The highest BCUT2D eigenvalue weighted by molar-refractivity contribution is 8.76. The van der Waals surface area contributed by atoms with E-state index in [2.05, 4.69) is 88.4 Å². The van der Waals surface area contributed by atoms with Crippen molar-refractivity contribution in [1.82, 2.24) is 93.3 Å². The number of carbonyl (C=O) groups excluding carboxylic acids is 15. The molecule has 608 valence electrons. The molecular formula is C73H91N21O18S2. The van der Waals surface area contributed by atoms with Crippen LogP contribution in [0.3, 0.4) is 0 Å². The number of nitrogens with zero attached hydrogens (tertiary/aromatic N) is 3. The average Bonchev–Trinajstić information content (AvgIpc) is 1.64. The number of hydrogen-bond donors (Lipinski definition) is 20. The zero-order chi connectivity index (χ0) is 82.6. The van der Waals surface area contributed by atoms with Crippen molar-refractivity contribution in [2.45, 2.75) is 171 Å². The number of fused-ring (bicyclic) bond motifs is 3. The van der Waals surface area contributed by atoms with Crippen molar-refractivity contribution < 1.29 is 86.9 Å². The Morgan fingerprint density at radius 3 is 1.68 bits per heavy atom. The highest BCUT2D eigenvalue weighted by Crippen LogP contribution is 2.27. The van der Waals surface area contributed by atoms with Gasteiger partial charge in [0.1, 0.15) is 78.1 Å². The fraction of sp³-hybridized carbons (Fsp3) is 0.425. The molecule has 0 unspecified atom stereocenters. The third-order valence-electron chi connectivity index (χ3n) is 19.3. The lowest BCUT2D eigenvalue weighted by molar-refractivity contribution is -0.142. The Labute approximate surface area is 658 Å². The molecule has 2 aliphatic heterocycles. The summed E-state index contributed by atoms with van der Waals surface area (Å²) in [5.41, 5.74) is 20.4. The summed E-state index contributed by atoms with van der Waals surface area (Å²) in [6, 6.07) is -3.70. The normalized spacial score (nSPS) is 21.3. The first-order chi connectivity index (χ1) is 54.4. The molecule has 0 bridgehead atoms. The third kappa shape index (κ3) is 22.9. The number of H-pyrrole nitrogens is 4. The molecule has 7 aromatic rings. The molecular weight excluding hydrogens is 1520 g/mol. The van der Waals surface area contributed by atoms with Gasteiger partial charge in [0, 0.05) is 109 Å². The summed E-state index contributed by atoms with van der Waals surface area (Å²) in [4.78, 5) is 249. The number of likely N-dealkylation sites (tertiary alicyclic amines) is 1. The van der Waals surface area contributed by atoms with Gasteiger partial charge in [-0.2, -0.15) is 0 Å². The van der Waals surface area contributed by atoms with E-state index in [-0.39, 0.29) is 37.9 Å². The lowest BCUT2D eigenvalue weighted by atomic mass is 9.97. The molecule has 2 fully saturated rings. The van der Waals surface area contributed by atoms with Gasteiger partial charge in [0.25, 0.3) is 0 Å². The van der Waals surface area contributed by atoms with Crippen LogP contribution in [-0.2, 0) is 102 Å². The molecule has 2 aliphatic rings. The summed E-state index contributed by atoms with van der Waals surface area (Å²) in [6.07, 6.45) is 3.24. The van der Waals surface area contributed by atoms with Crippen LogP contribution in [0.2, 0.25) is 0 Å². The van der Waals surface area contributed by atoms with E-state index >= 15 is 24.0 Å². The number of hydrogen-bond acceptors (Lipinski definition) is 21. The van der Waals surface area contributed by atoms with Gasteiger partial charge in [0.05, 0.1) is 37.4 Å². The molecule has 5 aromatic heterocycles. The standard InChI is InChI=1S/C73H91N21O18S2/c1-5-34(2)59(92-72(111)60(35(3)95)93-68(107)46(83-36(4)96)20-37-27-79-44-15-8-6-12-41(37)44)71(110)91-54-32-114-113-31-53(70(109)89-52(73(112)94-19-11-17-55(94)61(76)101)22-38-28-80-45-16-9-7-13-42(38)45)90-67(106)51(26-58(99)100)88-64(103)48(23-40-30-77-33-82-40)85-63(102)47(21-39-29-81-62-43(39)14-10-18-78-62)84-65(104)49(24-56(74)97)86-66(105)50(25-57(75)98)87-69(54)108/h6-10,12-16,18,27-30,33-35,46-55,59-60,79-80,95H,5,11,17,19-26,31-32H2,1-4H3,(H2,74,97)(H2,75,98)(H2,76,101)(H,77,82)(H,78,81)(H,83,96)(H,84,104)(H,85,102)(H,86,105)(H,87,108)(H,88,103)(H,89,109)(H,90,106)(H,91,110)(H,92,111)(H,93,107)(H,99,100)/t34-,35+,46-,47-,48-,49-,50-,51-,52-,53-,54-,55-,59-,60-/m0/s1. The van der Waals surface area contributed by atoms with Crippen LogP contribution in [0.5, 0.6) is 0 Å². The number of imidazole rings is 1. The number of aliphatic carboxylic acids is 1. The van der Waals surface area contributed by atoms with Gasteiger partial charge >= 0.3 is 5.97 Å². The number of carbonyl (C=O) groups is 16. The van der Waals surface area contributed by atoms with E-state index in [4.69, 9.17) is 17.2 Å². The maximum absolute atomic E-state index is 15.3.